The molecule has 3 heterocycles. The third-order valence-electron chi connectivity index (χ3n) is 7.14. The van der Waals surface area contributed by atoms with E-state index in [4.69, 9.17) is 17.7 Å². The summed E-state index contributed by atoms with van der Waals surface area (Å²) >= 11 is 0. The average molecular weight is 501 g/mol. The SMILES string of the molecule is CC(C)[Si]1(C(C)C)OCC2OC(n3ccc(=O)[nH]c3=O)C(C)(O)C2O[Si](C(C)C)(C(C)C)O1. The van der Waals surface area contributed by atoms with Gasteiger partial charge in [-0.1, -0.05) is 55.4 Å². The molecular weight excluding hydrogens is 460 g/mol. The maximum absolute atomic E-state index is 12.5. The molecule has 1 aromatic rings. The van der Waals surface area contributed by atoms with Gasteiger partial charge in [-0.25, -0.2) is 4.79 Å². The highest BCUT2D eigenvalue weighted by Crippen LogP contribution is 2.50. The normalized spacial score (nSPS) is 31.8. The molecule has 0 bridgehead atoms. The van der Waals surface area contributed by atoms with Gasteiger partial charge in [-0.05, 0) is 29.1 Å². The lowest BCUT2D eigenvalue weighted by atomic mass is 9.96. The molecule has 0 spiro atoms. The molecule has 9 nitrogen and oxygen atoms in total. The van der Waals surface area contributed by atoms with Crippen LogP contribution in [0.25, 0.3) is 0 Å². The van der Waals surface area contributed by atoms with Gasteiger partial charge in [0.15, 0.2) is 6.23 Å². The van der Waals surface area contributed by atoms with E-state index in [1.54, 1.807) is 6.92 Å². The van der Waals surface area contributed by atoms with Gasteiger partial charge in [0, 0.05) is 12.3 Å². The molecule has 2 N–H and O–H groups in total. The number of aliphatic hydroxyl groups is 1. The van der Waals surface area contributed by atoms with E-state index in [9.17, 15) is 14.7 Å². The largest absolute Gasteiger partial charge is 0.414 e. The standard InChI is InChI=1S/C22H40N2O7Si2/c1-13(2)32(14(3)4)28-12-17-19(30-33(31-32,15(5)6)16(7)8)22(9,27)20(29-17)24-11-10-18(25)23-21(24)26/h10-11,13-17,19-20,27H,12H2,1-9H3,(H,23,25,26). The maximum atomic E-state index is 12.5. The van der Waals surface area contributed by atoms with E-state index in [0.29, 0.717) is 0 Å². The minimum absolute atomic E-state index is 0.0925. The lowest BCUT2D eigenvalue weighted by Crippen LogP contribution is -2.67. The van der Waals surface area contributed by atoms with Gasteiger partial charge in [0.1, 0.15) is 17.8 Å². The van der Waals surface area contributed by atoms with Gasteiger partial charge in [0.05, 0.1) is 6.61 Å². The molecule has 2 fully saturated rings. The fourth-order valence-electron chi connectivity index (χ4n) is 5.30. The van der Waals surface area contributed by atoms with Crippen LogP contribution >= 0.6 is 0 Å². The van der Waals surface area contributed by atoms with E-state index >= 15 is 0 Å². The second-order valence-corrected chi connectivity index (χ2v) is 19.6. The number of fused-ring (bicyclic) bond motifs is 1. The second kappa shape index (κ2) is 9.17. The first-order chi connectivity index (χ1) is 15.2. The van der Waals surface area contributed by atoms with Crippen molar-refractivity contribution in [2.24, 2.45) is 0 Å². The number of hydrogen-bond donors (Lipinski definition) is 2. The van der Waals surface area contributed by atoms with E-state index in [1.807, 2.05) is 0 Å². The summed E-state index contributed by atoms with van der Waals surface area (Å²) in [4.78, 5) is 26.3. The summed E-state index contributed by atoms with van der Waals surface area (Å²) in [6.45, 7) is 18.8. The third kappa shape index (κ3) is 4.37. The molecular formula is C22H40N2O7Si2. The van der Waals surface area contributed by atoms with Crippen molar-refractivity contribution in [2.45, 2.75) is 109 Å². The van der Waals surface area contributed by atoms with E-state index in [-0.39, 0.29) is 28.8 Å². The molecule has 0 aliphatic carbocycles. The zero-order valence-corrected chi connectivity index (χ0v) is 23.2. The van der Waals surface area contributed by atoms with Crippen molar-refractivity contribution in [2.75, 3.05) is 6.61 Å². The number of hydrogen-bond acceptors (Lipinski definition) is 7. The monoisotopic (exact) mass is 500 g/mol. The first-order valence-corrected chi connectivity index (χ1v) is 15.8. The van der Waals surface area contributed by atoms with Crippen molar-refractivity contribution >= 4 is 17.1 Å². The summed E-state index contributed by atoms with van der Waals surface area (Å²) in [5.74, 6) is 0. The summed E-state index contributed by atoms with van der Waals surface area (Å²) in [5, 5.41) is 11.7. The number of H-pyrrole nitrogens is 1. The summed E-state index contributed by atoms with van der Waals surface area (Å²) in [7, 11) is -5.70. The Kier molecular flexibility index (Phi) is 7.37. The van der Waals surface area contributed by atoms with Crippen LogP contribution in [0.5, 0.6) is 0 Å². The van der Waals surface area contributed by atoms with Gasteiger partial charge >= 0.3 is 22.8 Å². The van der Waals surface area contributed by atoms with Crippen molar-refractivity contribution in [1.82, 2.24) is 9.55 Å². The predicted molar refractivity (Wildman–Crippen MR) is 130 cm³/mol. The van der Waals surface area contributed by atoms with Crippen LogP contribution in [-0.2, 0) is 17.7 Å². The van der Waals surface area contributed by atoms with E-state index in [2.05, 4.69) is 60.4 Å². The Hall–Kier alpha value is -1.09. The van der Waals surface area contributed by atoms with Crippen LogP contribution in [0.1, 0.15) is 68.5 Å². The minimum Gasteiger partial charge on any atom is -0.414 e. The van der Waals surface area contributed by atoms with Crippen LogP contribution in [0.2, 0.25) is 22.2 Å². The molecule has 1 aromatic heterocycles. The highest BCUT2D eigenvalue weighted by Gasteiger charge is 2.64. The molecule has 33 heavy (non-hydrogen) atoms. The Bertz CT molecular complexity index is 941. The maximum Gasteiger partial charge on any atom is 0.335 e. The third-order valence-corrected chi connectivity index (χ3v) is 17.4. The molecule has 0 radical (unpaired) electrons. The molecule has 2 aliphatic heterocycles. The lowest BCUT2D eigenvalue weighted by Gasteiger charge is -2.52. The fraction of sp³-hybridized carbons (Fsp3) is 0.818. The Morgan fingerprint density at radius 2 is 1.58 bits per heavy atom. The highest BCUT2D eigenvalue weighted by atomic mass is 28.5. The second-order valence-electron chi connectivity index (χ2n) is 10.8. The lowest BCUT2D eigenvalue weighted by molar-refractivity contribution is -0.0973. The molecule has 0 aromatic carbocycles. The Morgan fingerprint density at radius 1 is 1.03 bits per heavy atom. The molecule has 3 rings (SSSR count). The molecule has 0 saturated carbocycles. The first kappa shape index (κ1) is 26.5. The molecule has 188 valence electrons. The van der Waals surface area contributed by atoms with E-state index in [1.165, 1.54) is 16.8 Å². The Morgan fingerprint density at radius 3 is 2.06 bits per heavy atom. The van der Waals surface area contributed by atoms with Crippen LogP contribution in [0.4, 0.5) is 0 Å². The summed E-state index contributed by atoms with van der Waals surface area (Å²) in [6, 6.07) is 1.23. The average Bonchev–Trinajstić information content (AvgIpc) is 2.90. The van der Waals surface area contributed by atoms with Crippen LogP contribution < -0.4 is 11.2 Å². The number of rotatable bonds is 5. The highest BCUT2D eigenvalue weighted by molar-refractivity contribution is 6.84. The first-order valence-electron chi connectivity index (χ1n) is 11.9. The van der Waals surface area contributed by atoms with Gasteiger partial charge in [0.2, 0.25) is 0 Å². The molecule has 2 saturated heterocycles. The number of nitrogens with zero attached hydrogens (tertiary/aromatic N) is 1. The van der Waals surface area contributed by atoms with Crippen LogP contribution in [-0.4, -0.2) is 56.2 Å². The van der Waals surface area contributed by atoms with Crippen LogP contribution in [0.3, 0.4) is 0 Å². The summed E-state index contributed by atoms with van der Waals surface area (Å²) in [6.07, 6.45) is -1.06. The van der Waals surface area contributed by atoms with Gasteiger partial charge in [0.25, 0.3) is 5.56 Å². The van der Waals surface area contributed by atoms with Gasteiger partial charge in [-0.15, -0.1) is 0 Å². The number of aromatic nitrogens is 2. The van der Waals surface area contributed by atoms with Crippen molar-refractivity contribution in [3.8, 4) is 0 Å². The van der Waals surface area contributed by atoms with Crippen molar-refractivity contribution < 1.29 is 22.8 Å². The summed E-state index contributed by atoms with van der Waals surface area (Å²) in [5.41, 5.74) is -2.17. The summed E-state index contributed by atoms with van der Waals surface area (Å²) < 4.78 is 28.2. The quantitative estimate of drug-likeness (QED) is 0.597. The Balaban J connectivity index is 2.14. The van der Waals surface area contributed by atoms with Gasteiger partial charge < -0.3 is 22.8 Å². The zero-order chi connectivity index (χ0) is 24.9. The molecule has 4 unspecified atom stereocenters. The van der Waals surface area contributed by atoms with E-state index in [0.717, 1.165) is 0 Å². The smallest absolute Gasteiger partial charge is 0.335 e. The number of aromatic amines is 1. The topological polar surface area (TPSA) is 112 Å². The van der Waals surface area contributed by atoms with Crippen molar-refractivity contribution in [3.05, 3.63) is 33.1 Å². The van der Waals surface area contributed by atoms with Crippen LogP contribution in [0, 0.1) is 0 Å². The van der Waals surface area contributed by atoms with Gasteiger partial charge in [-0.2, -0.15) is 0 Å². The number of ether oxygens (including phenoxy) is 1. The molecule has 4 atom stereocenters. The zero-order valence-electron chi connectivity index (χ0n) is 21.2. The fourth-order valence-corrected chi connectivity index (χ4v) is 16.6. The van der Waals surface area contributed by atoms with E-state index < -0.39 is 52.4 Å². The van der Waals surface area contributed by atoms with Crippen molar-refractivity contribution in [3.63, 3.8) is 0 Å². The molecule has 2 aliphatic rings. The van der Waals surface area contributed by atoms with Gasteiger partial charge in [-0.3, -0.25) is 14.3 Å². The number of nitrogens with one attached hydrogen (secondary N) is 1. The van der Waals surface area contributed by atoms with Crippen molar-refractivity contribution in [1.29, 1.82) is 0 Å². The van der Waals surface area contributed by atoms with Crippen LogP contribution in [0.15, 0.2) is 21.9 Å². The minimum atomic E-state index is -2.96. The molecule has 11 heteroatoms. The Labute approximate surface area is 197 Å². The predicted octanol–water partition coefficient (Wildman–Crippen LogP) is 3.14. The molecule has 0 amide bonds.